The van der Waals surface area contributed by atoms with Crippen molar-refractivity contribution in [3.63, 3.8) is 0 Å². The molecule has 88 valence electrons. The van der Waals surface area contributed by atoms with Crippen LogP contribution >= 0.6 is 23.1 Å². The van der Waals surface area contributed by atoms with Crippen LogP contribution in [0.5, 0.6) is 0 Å². The van der Waals surface area contributed by atoms with Gasteiger partial charge in [-0.25, -0.2) is 0 Å². The molecule has 0 rings (SSSR count). The van der Waals surface area contributed by atoms with Crippen molar-refractivity contribution in [1.29, 1.82) is 0 Å². The molecule has 0 saturated heterocycles. The first-order chi connectivity index (χ1) is 6.92. The molecule has 0 aromatic heterocycles. The van der Waals surface area contributed by atoms with Gasteiger partial charge in [-0.1, -0.05) is 0 Å². The Morgan fingerprint density at radius 3 is 1.53 bits per heavy atom. The number of aliphatic hydroxyl groups excluding tert-OH is 1. The van der Waals surface area contributed by atoms with E-state index in [4.69, 9.17) is 5.11 Å². The van der Waals surface area contributed by atoms with Crippen molar-refractivity contribution in [3.8, 4) is 0 Å². The molecule has 0 aromatic rings. The number of esters is 1. The zero-order chi connectivity index (χ0) is 13.3. The summed E-state index contributed by atoms with van der Waals surface area (Å²) in [5.74, 6) is -0.211. The van der Waals surface area contributed by atoms with Crippen molar-refractivity contribution in [2.24, 2.45) is 0 Å². The third kappa shape index (κ3) is 164. The third-order valence-electron chi connectivity index (χ3n) is 0.348. The number of carbonyl (C=O) groups excluding carboxylic acids is 2. The Kier molecular flexibility index (Phi) is 48.8. The predicted octanol–water partition coefficient (Wildman–Crippen LogP) is 1.80. The molecule has 4 nitrogen and oxygen atoms in total. The average molecular weight is 316 g/mol. The second-order valence-electron chi connectivity index (χ2n) is 1.71. The van der Waals surface area contributed by atoms with E-state index in [-0.39, 0.29) is 17.8 Å². The summed E-state index contributed by atoms with van der Waals surface area (Å²) in [6.07, 6.45) is 0. The van der Waals surface area contributed by atoms with Gasteiger partial charge in [0.15, 0.2) is 0 Å². The molecule has 0 aliphatic heterocycles. The summed E-state index contributed by atoms with van der Waals surface area (Å²) >= 11 is 8.83. The van der Waals surface area contributed by atoms with Crippen molar-refractivity contribution in [2.45, 2.75) is 27.7 Å². The van der Waals surface area contributed by atoms with Gasteiger partial charge >= 0.3 is 42.9 Å². The molecule has 0 radical (unpaired) electrons. The van der Waals surface area contributed by atoms with Crippen LogP contribution in [0.3, 0.4) is 0 Å². The first-order valence-corrected chi connectivity index (χ1v) is 10.1. The summed E-state index contributed by atoms with van der Waals surface area (Å²) in [6.45, 7) is 6.88. The van der Waals surface area contributed by atoms with Gasteiger partial charge < -0.3 is 9.84 Å². The standard InChI is InChI=1S/C4H8O2.C2H3ClO.C2H6O.BrH.Na/c1-3-6-4(2)5;1-2(3)4;1-2-3;;/h3H2,1-2H3;1H3;3H,2H2,1H3;1H;/q;;;;+1/p-1. The van der Waals surface area contributed by atoms with Crippen LogP contribution in [0.4, 0.5) is 0 Å². The van der Waals surface area contributed by atoms with Crippen LogP contribution in [0.2, 0.25) is 0 Å². The topological polar surface area (TPSA) is 63.6 Å². The number of aliphatic hydroxyl groups is 1. The molecule has 15 heavy (non-hydrogen) atoms. The van der Waals surface area contributed by atoms with Gasteiger partial charge in [0.1, 0.15) is 0 Å². The summed E-state index contributed by atoms with van der Waals surface area (Å²) in [6, 6.07) is 0. The van der Waals surface area contributed by atoms with E-state index in [0.717, 1.165) is 25.4 Å². The Balaban J connectivity index is -0.0000000590. The average Bonchev–Trinajstić information content (AvgIpc) is 2.07. The number of halogens is 2. The molecular weight excluding hydrogens is 298 g/mol. The van der Waals surface area contributed by atoms with Crippen molar-refractivity contribution in [3.05, 3.63) is 0 Å². The van der Waals surface area contributed by atoms with Crippen LogP contribution in [0.25, 0.3) is 0 Å². The predicted molar refractivity (Wildman–Crippen MR) is 66.3 cm³/mol. The second kappa shape index (κ2) is 29.4. The molecule has 0 saturated carbocycles. The minimum absolute atomic E-state index is 0.211. The van der Waals surface area contributed by atoms with Crippen LogP contribution < -0.4 is 0 Å². The number of rotatable bonds is 1. The third-order valence-corrected chi connectivity index (χ3v) is 0.348. The van der Waals surface area contributed by atoms with Gasteiger partial charge in [0.2, 0.25) is 5.24 Å². The number of carbonyl (C=O) groups is 2. The maximum atomic E-state index is 9.82. The van der Waals surface area contributed by atoms with E-state index in [9.17, 15) is 9.59 Å². The molecule has 1 N–H and O–H groups in total. The Morgan fingerprint density at radius 2 is 1.53 bits per heavy atom. The summed E-state index contributed by atoms with van der Waals surface area (Å²) in [5.41, 5.74) is 0. The monoisotopic (exact) mass is 314 g/mol. The fraction of sp³-hybridized carbons (Fsp3) is 0.750. The molecular formula is C8H17BrClNaO4. The molecule has 0 heterocycles. The molecule has 0 atom stereocenters. The van der Waals surface area contributed by atoms with Crippen LogP contribution in [0, 0.1) is 0 Å². The van der Waals surface area contributed by atoms with E-state index in [1.807, 2.05) is 0 Å². The van der Waals surface area contributed by atoms with E-state index in [0.29, 0.717) is 6.61 Å². The van der Waals surface area contributed by atoms with Crippen LogP contribution in [-0.2, 0) is 14.3 Å². The molecule has 0 fully saturated rings. The van der Waals surface area contributed by atoms with Gasteiger partial charge in [-0.05, 0) is 25.4 Å². The Hall–Kier alpha value is 0.870. The normalized spacial score (nSPS) is 6.47. The molecule has 0 unspecified atom stereocenters. The Labute approximate surface area is 119 Å². The van der Waals surface area contributed by atoms with Gasteiger partial charge in [-0.3, -0.25) is 9.59 Å². The summed E-state index contributed by atoms with van der Waals surface area (Å²) in [7, 11) is 0. The number of ether oxygens (including phenoxy) is 1. The zero-order valence-corrected chi connectivity index (χ0v) is 14.2. The van der Waals surface area contributed by atoms with Gasteiger partial charge in [-0.15, -0.1) is 0 Å². The summed E-state index contributed by atoms with van der Waals surface area (Å²) in [4.78, 5) is 19.0. The number of hydrogen-bond acceptors (Lipinski definition) is 4. The summed E-state index contributed by atoms with van der Waals surface area (Å²) in [5, 5.41) is 7.21. The van der Waals surface area contributed by atoms with Crippen LogP contribution in [-0.4, -0.2) is 54.9 Å². The Morgan fingerprint density at radius 1 is 1.33 bits per heavy atom. The molecule has 7 heteroatoms. The molecule has 0 spiro atoms. The van der Waals surface area contributed by atoms with Crippen molar-refractivity contribution < 1.29 is 19.4 Å². The van der Waals surface area contributed by atoms with E-state index < -0.39 is 0 Å². The van der Waals surface area contributed by atoms with Crippen LogP contribution in [0.1, 0.15) is 27.7 Å². The molecule has 0 bridgehead atoms. The van der Waals surface area contributed by atoms with Gasteiger partial charge in [-0.2, -0.15) is 0 Å². The second-order valence-corrected chi connectivity index (χ2v) is 2.24. The first-order valence-electron chi connectivity index (χ1n) is 4.20. The quantitative estimate of drug-likeness (QED) is 0.455. The van der Waals surface area contributed by atoms with E-state index in [2.05, 4.69) is 27.8 Å². The van der Waals surface area contributed by atoms with Crippen molar-refractivity contribution in [2.75, 3.05) is 13.2 Å². The minimum atomic E-state index is -0.361. The summed E-state index contributed by atoms with van der Waals surface area (Å²) < 4.78 is 4.40. The fourth-order valence-corrected chi connectivity index (χ4v) is 0.203. The van der Waals surface area contributed by atoms with E-state index in [1.165, 1.54) is 13.8 Å². The molecule has 0 aliphatic carbocycles. The van der Waals surface area contributed by atoms with Crippen LogP contribution in [0.15, 0.2) is 0 Å². The Bertz CT molecular complexity index is 132. The van der Waals surface area contributed by atoms with Gasteiger partial charge in [0.05, 0.1) is 6.61 Å². The van der Waals surface area contributed by atoms with E-state index in [1.54, 1.807) is 13.8 Å². The molecule has 0 amide bonds. The van der Waals surface area contributed by atoms with Gasteiger partial charge in [0, 0.05) is 20.5 Å². The van der Waals surface area contributed by atoms with E-state index >= 15 is 0 Å². The fourth-order valence-electron chi connectivity index (χ4n) is 0.203. The molecule has 0 aliphatic rings. The molecule has 0 aromatic carbocycles. The number of hydrogen-bond donors (Lipinski definition) is 1. The zero-order valence-electron chi connectivity index (χ0n) is 9.84. The maximum absolute atomic E-state index is 9.82. The SMILES string of the molecule is CC(=O)Cl.CCO.CCOC(C)=O.[Na][Br]. The van der Waals surface area contributed by atoms with Crippen molar-refractivity contribution in [1.82, 2.24) is 0 Å². The van der Waals surface area contributed by atoms with Crippen molar-refractivity contribution >= 4 is 59.7 Å². The first kappa shape index (κ1) is 24.9. The van der Waals surface area contributed by atoms with Gasteiger partial charge in [0.25, 0.3) is 0 Å².